The average molecular weight is 491 g/mol. The number of hydrogen-bond donors (Lipinski definition) is 1. The van der Waals surface area contributed by atoms with Gasteiger partial charge in [-0.15, -0.1) is 0 Å². The van der Waals surface area contributed by atoms with Crippen molar-refractivity contribution in [3.8, 4) is 11.1 Å². The predicted octanol–water partition coefficient (Wildman–Crippen LogP) is 4.13. The summed E-state index contributed by atoms with van der Waals surface area (Å²) in [5.74, 6) is 0.101. The molecule has 0 saturated carbocycles. The van der Waals surface area contributed by atoms with E-state index in [2.05, 4.69) is 35.2 Å². The molecule has 2 aromatic rings. The molecule has 0 aromatic heterocycles. The van der Waals surface area contributed by atoms with Gasteiger partial charge in [-0.2, -0.15) is 0 Å². The van der Waals surface area contributed by atoms with Gasteiger partial charge in [0.15, 0.2) is 0 Å². The molecule has 2 N–H and O–H groups in total. The molecule has 3 aliphatic rings. The molecule has 2 saturated heterocycles. The van der Waals surface area contributed by atoms with Crippen molar-refractivity contribution in [1.29, 1.82) is 0 Å². The van der Waals surface area contributed by atoms with Crippen molar-refractivity contribution in [2.75, 3.05) is 44.2 Å². The fraction of sp³-hybridized carbons (Fsp3) is 0.517. The summed E-state index contributed by atoms with van der Waals surface area (Å²) < 4.78 is 5.18. The Balaban J connectivity index is 1.35. The largest absolute Gasteiger partial charge is 0.450 e. The van der Waals surface area contributed by atoms with Gasteiger partial charge < -0.3 is 25.2 Å². The van der Waals surface area contributed by atoms with E-state index in [1.165, 1.54) is 5.56 Å². The van der Waals surface area contributed by atoms with E-state index in [1.807, 2.05) is 28.9 Å². The van der Waals surface area contributed by atoms with Crippen molar-refractivity contribution < 1.29 is 14.3 Å². The SMILES string of the molecule is CCOC(=O)N1CCC(N2CCC3(CC2)CN(C(C)=O)c2c(-c4cccc(CN)c4)cccc23)CC1. The number of rotatable bonds is 4. The Labute approximate surface area is 214 Å². The lowest BCUT2D eigenvalue weighted by Crippen LogP contribution is -2.52. The zero-order valence-electron chi connectivity index (χ0n) is 21.5. The molecule has 3 heterocycles. The van der Waals surface area contributed by atoms with Gasteiger partial charge in [-0.05, 0) is 68.5 Å². The van der Waals surface area contributed by atoms with Crippen LogP contribution < -0.4 is 10.6 Å². The van der Waals surface area contributed by atoms with E-state index in [4.69, 9.17) is 10.5 Å². The van der Waals surface area contributed by atoms with Crippen LogP contribution in [0.3, 0.4) is 0 Å². The normalized spacial score (nSPS) is 20.0. The van der Waals surface area contributed by atoms with Gasteiger partial charge in [0.25, 0.3) is 0 Å². The van der Waals surface area contributed by atoms with Crippen molar-refractivity contribution in [3.63, 3.8) is 0 Å². The van der Waals surface area contributed by atoms with Crippen molar-refractivity contribution in [2.45, 2.75) is 57.5 Å². The number of piperidine rings is 2. The second-order valence-electron chi connectivity index (χ2n) is 10.4. The highest BCUT2D eigenvalue weighted by Gasteiger charge is 2.47. The minimum Gasteiger partial charge on any atom is -0.450 e. The van der Waals surface area contributed by atoms with Crippen molar-refractivity contribution in [1.82, 2.24) is 9.80 Å². The topological polar surface area (TPSA) is 79.1 Å². The van der Waals surface area contributed by atoms with E-state index >= 15 is 0 Å². The van der Waals surface area contributed by atoms with Crippen LogP contribution in [0.2, 0.25) is 0 Å². The predicted molar refractivity (Wildman–Crippen MR) is 142 cm³/mol. The Kier molecular flexibility index (Phi) is 7.04. The fourth-order valence-electron chi connectivity index (χ4n) is 6.47. The number of nitrogens with two attached hydrogens (primary N) is 1. The third-order valence-electron chi connectivity index (χ3n) is 8.45. The van der Waals surface area contributed by atoms with Gasteiger partial charge in [0, 0.05) is 50.1 Å². The smallest absolute Gasteiger partial charge is 0.409 e. The van der Waals surface area contributed by atoms with Crippen LogP contribution in [-0.2, 0) is 21.5 Å². The molecule has 0 aliphatic carbocycles. The Morgan fingerprint density at radius 3 is 2.44 bits per heavy atom. The fourth-order valence-corrected chi connectivity index (χ4v) is 6.47. The minimum atomic E-state index is -0.187. The highest BCUT2D eigenvalue weighted by molar-refractivity contribution is 6.00. The maximum absolute atomic E-state index is 12.8. The van der Waals surface area contributed by atoms with Gasteiger partial charge in [0.05, 0.1) is 12.3 Å². The summed E-state index contributed by atoms with van der Waals surface area (Å²) >= 11 is 0. The van der Waals surface area contributed by atoms with E-state index in [-0.39, 0.29) is 17.4 Å². The van der Waals surface area contributed by atoms with Gasteiger partial charge >= 0.3 is 6.09 Å². The summed E-state index contributed by atoms with van der Waals surface area (Å²) in [6, 6.07) is 15.4. The second kappa shape index (κ2) is 10.2. The van der Waals surface area contributed by atoms with Crippen LogP contribution in [-0.4, -0.2) is 67.2 Å². The molecule has 0 unspecified atom stereocenters. The number of nitrogens with zero attached hydrogens (tertiary/aromatic N) is 3. The van der Waals surface area contributed by atoms with Crippen LogP contribution in [0, 0.1) is 0 Å². The maximum atomic E-state index is 12.8. The third kappa shape index (κ3) is 4.50. The summed E-state index contributed by atoms with van der Waals surface area (Å²) in [6.45, 7) is 8.76. The quantitative estimate of drug-likeness (QED) is 0.697. The Morgan fingerprint density at radius 2 is 1.78 bits per heavy atom. The lowest BCUT2D eigenvalue weighted by atomic mass is 9.73. The van der Waals surface area contributed by atoms with Crippen LogP contribution in [0.5, 0.6) is 0 Å². The van der Waals surface area contributed by atoms with Crippen molar-refractivity contribution >= 4 is 17.7 Å². The molecule has 1 spiro atoms. The molecule has 7 heteroatoms. The first-order chi connectivity index (χ1) is 17.5. The number of ether oxygens (including phenoxy) is 1. The summed E-state index contributed by atoms with van der Waals surface area (Å²) in [5.41, 5.74) is 11.6. The van der Waals surface area contributed by atoms with Crippen LogP contribution >= 0.6 is 0 Å². The molecule has 0 bridgehead atoms. The van der Waals surface area contributed by atoms with Gasteiger partial charge in [-0.1, -0.05) is 36.4 Å². The lowest BCUT2D eigenvalue weighted by molar-refractivity contribution is -0.116. The maximum Gasteiger partial charge on any atom is 0.409 e. The number of benzene rings is 2. The number of carbonyl (C=O) groups excluding carboxylic acids is 2. The van der Waals surface area contributed by atoms with Gasteiger partial charge in [0.2, 0.25) is 5.91 Å². The molecule has 3 aliphatic heterocycles. The monoisotopic (exact) mass is 490 g/mol. The summed E-state index contributed by atoms with van der Waals surface area (Å²) in [4.78, 5) is 31.4. The highest BCUT2D eigenvalue weighted by Crippen LogP contribution is 2.51. The zero-order valence-corrected chi connectivity index (χ0v) is 21.5. The number of likely N-dealkylation sites (tertiary alicyclic amines) is 2. The first-order valence-corrected chi connectivity index (χ1v) is 13.3. The molecule has 36 heavy (non-hydrogen) atoms. The van der Waals surface area contributed by atoms with E-state index in [9.17, 15) is 9.59 Å². The average Bonchev–Trinajstić information content (AvgIpc) is 3.24. The van der Waals surface area contributed by atoms with E-state index < -0.39 is 0 Å². The molecule has 0 atom stereocenters. The Hall–Kier alpha value is -2.90. The molecule has 2 amide bonds. The highest BCUT2D eigenvalue weighted by atomic mass is 16.6. The van der Waals surface area contributed by atoms with Crippen LogP contribution in [0.1, 0.15) is 50.7 Å². The van der Waals surface area contributed by atoms with Crippen LogP contribution in [0.15, 0.2) is 42.5 Å². The molecule has 192 valence electrons. The summed E-state index contributed by atoms with van der Waals surface area (Å²) in [6.07, 6.45) is 3.86. The molecule has 0 radical (unpaired) electrons. The number of para-hydroxylation sites is 1. The molecule has 2 fully saturated rings. The molecule has 2 aromatic carbocycles. The van der Waals surface area contributed by atoms with Gasteiger partial charge in [-0.25, -0.2) is 4.79 Å². The number of anilines is 1. The summed E-state index contributed by atoms with van der Waals surface area (Å²) in [7, 11) is 0. The standard InChI is InChI=1S/C29H38N4O3/c1-3-36-28(35)32-14-10-24(11-15-32)31-16-12-29(13-17-31)20-33(21(2)34)27-25(8-5-9-26(27)29)23-7-4-6-22(18-23)19-30/h4-9,18,24H,3,10-17,19-20,30H2,1-2H3. The van der Waals surface area contributed by atoms with Crippen LogP contribution in [0.4, 0.5) is 10.5 Å². The zero-order chi connectivity index (χ0) is 25.3. The van der Waals surface area contributed by atoms with Crippen LogP contribution in [0.25, 0.3) is 11.1 Å². The molecule has 5 rings (SSSR count). The Bertz CT molecular complexity index is 1120. The van der Waals surface area contributed by atoms with E-state index in [0.29, 0.717) is 19.2 Å². The number of carbonyl (C=O) groups is 2. The number of fused-ring (bicyclic) bond motifs is 2. The molecular weight excluding hydrogens is 452 g/mol. The first-order valence-electron chi connectivity index (χ1n) is 13.3. The third-order valence-corrected chi connectivity index (χ3v) is 8.45. The number of hydrogen-bond acceptors (Lipinski definition) is 5. The second-order valence-corrected chi connectivity index (χ2v) is 10.4. The first kappa shape index (κ1) is 24.8. The number of amides is 2. The Morgan fingerprint density at radius 1 is 1.06 bits per heavy atom. The van der Waals surface area contributed by atoms with Crippen molar-refractivity contribution in [3.05, 3.63) is 53.6 Å². The lowest BCUT2D eigenvalue weighted by Gasteiger charge is -2.45. The van der Waals surface area contributed by atoms with E-state index in [1.54, 1.807) is 6.92 Å². The summed E-state index contributed by atoms with van der Waals surface area (Å²) in [5, 5.41) is 0. The van der Waals surface area contributed by atoms with Gasteiger partial charge in [0.1, 0.15) is 0 Å². The van der Waals surface area contributed by atoms with Crippen molar-refractivity contribution in [2.24, 2.45) is 5.73 Å². The van der Waals surface area contributed by atoms with Gasteiger partial charge in [-0.3, -0.25) is 4.79 Å². The molecular formula is C29H38N4O3. The molecule has 7 nitrogen and oxygen atoms in total. The minimum absolute atomic E-state index is 0.00930. The van der Waals surface area contributed by atoms with E-state index in [0.717, 1.165) is 80.8 Å².